The van der Waals surface area contributed by atoms with E-state index in [-0.39, 0.29) is 5.91 Å². The van der Waals surface area contributed by atoms with E-state index < -0.39 is 0 Å². The monoisotopic (exact) mass is 289 g/mol. The van der Waals surface area contributed by atoms with Crippen LogP contribution in [0.25, 0.3) is 0 Å². The van der Waals surface area contributed by atoms with Gasteiger partial charge in [0.05, 0.1) is 5.56 Å². The van der Waals surface area contributed by atoms with E-state index in [1.807, 2.05) is 19.1 Å². The summed E-state index contributed by atoms with van der Waals surface area (Å²) in [6, 6.07) is 4.47. The molecule has 0 bridgehead atoms. The van der Waals surface area contributed by atoms with Crippen molar-refractivity contribution >= 4 is 11.7 Å². The zero-order valence-electron chi connectivity index (χ0n) is 13.4. The van der Waals surface area contributed by atoms with Crippen LogP contribution in [0.5, 0.6) is 0 Å². The molecular weight excluding hydrogens is 262 g/mol. The summed E-state index contributed by atoms with van der Waals surface area (Å²) >= 11 is 0. The Kier molecular flexibility index (Phi) is 5.59. The first-order valence-electron chi connectivity index (χ1n) is 8.12. The fourth-order valence-electron chi connectivity index (χ4n) is 2.92. The first kappa shape index (κ1) is 15.8. The van der Waals surface area contributed by atoms with Crippen molar-refractivity contribution in [2.45, 2.75) is 52.5 Å². The summed E-state index contributed by atoms with van der Waals surface area (Å²) in [7, 11) is 0. The molecule has 4 heteroatoms. The van der Waals surface area contributed by atoms with Crippen LogP contribution >= 0.6 is 0 Å². The number of aromatic nitrogens is 1. The summed E-state index contributed by atoms with van der Waals surface area (Å²) in [5, 5.41) is 2.80. The van der Waals surface area contributed by atoms with E-state index in [0.29, 0.717) is 18.2 Å². The molecule has 0 saturated carbocycles. The van der Waals surface area contributed by atoms with E-state index in [9.17, 15) is 4.79 Å². The van der Waals surface area contributed by atoms with Crippen molar-refractivity contribution in [3.05, 3.63) is 23.9 Å². The van der Waals surface area contributed by atoms with E-state index in [0.717, 1.165) is 18.3 Å². The minimum atomic E-state index is -0.0469. The van der Waals surface area contributed by atoms with Crippen molar-refractivity contribution in [2.24, 2.45) is 5.92 Å². The van der Waals surface area contributed by atoms with Crippen LogP contribution in [0.15, 0.2) is 18.3 Å². The number of hydrogen-bond donors (Lipinski definition) is 1. The third-order valence-electron chi connectivity index (χ3n) is 4.10. The standard InChI is InChI=1S/C17H27N3O/c1-4-18-17(21)14-8-10-16(19-12-14)20-11-5-6-15(20)9-7-13(2)3/h8,10,12-13,15H,4-7,9,11H2,1-3H3,(H,18,21). The molecule has 1 amide bonds. The van der Waals surface area contributed by atoms with Gasteiger partial charge in [-0.3, -0.25) is 4.79 Å². The highest BCUT2D eigenvalue weighted by atomic mass is 16.1. The minimum Gasteiger partial charge on any atom is -0.354 e. The van der Waals surface area contributed by atoms with Crippen molar-refractivity contribution < 1.29 is 4.79 Å². The zero-order chi connectivity index (χ0) is 15.2. The number of anilines is 1. The molecule has 116 valence electrons. The minimum absolute atomic E-state index is 0.0469. The normalized spacial score (nSPS) is 18.3. The van der Waals surface area contributed by atoms with Gasteiger partial charge >= 0.3 is 0 Å². The number of nitrogens with zero attached hydrogens (tertiary/aromatic N) is 2. The smallest absolute Gasteiger partial charge is 0.252 e. The Morgan fingerprint density at radius 3 is 2.90 bits per heavy atom. The van der Waals surface area contributed by atoms with Gasteiger partial charge in [0.25, 0.3) is 5.91 Å². The summed E-state index contributed by atoms with van der Waals surface area (Å²) in [6.45, 7) is 8.20. The Morgan fingerprint density at radius 1 is 1.48 bits per heavy atom. The molecule has 1 saturated heterocycles. The molecule has 1 aliphatic heterocycles. The molecule has 1 aliphatic rings. The zero-order valence-corrected chi connectivity index (χ0v) is 13.4. The lowest BCUT2D eigenvalue weighted by atomic mass is 10.0. The second-order valence-electron chi connectivity index (χ2n) is 6.23. The fraction of sp³-hybridized carbons (Fsp3) is 0.647. The number of carbonyl (C=O) groups excluding carboxylic acids is 1. The molecule has 2 heterocycles. The van der Waals surface area contributed by atoms with Crippen LogP contribution in [0.1, 0.15) is 56.8 Å². The molecule has 1 fully saturated rings. The van der Waals surface area contributed by atoms with E-state index in [4.69, 9.17) is 0 Å². The lowest BCUT2D eigenvalue weighted by Crippen LogP contribution is -2.30. The average molecular weight is 289 g/mol. The van der Waals surface area contributed by atoms with Crippen LogP contribution in [0, 0.1) is 5.92 Å². The Bertz CT molecular complexity index is 456. The highest BCUT2D eigenvalue weighted by Crippen LogP contribution is 2.27. The van der Waals surface area contributed by atoms with Gasteiger partial charge in [-0.1, -0.05) is 13.8 Å². The topological polar surface area (TPSA) is 45.2 Å². The summed E-state index contributed by atoms with van der Waals surface area (Å²) in [5.74, 6) is 1.71. The number of amides is 1. The summed E-state index contributed by atoms with van der Waals surface area (Å²) in [6.07, 6.45) is 6.68. The highest BCUT2D eigenvalue weighted by Gasteiger charge is 2.25. The van der Waals surface area contributed by atoms with Crippen LogP contribution in [0.2, 0.25) is 0 Å². The Labute approximate surface area is 127 Å². The number of pyridine rings is 1. The molecule has 0 aromatic carbocycles. The van der Waals surface area contributed by atoms with Crippen molar-refractivity contribution in [3.8, 4) is 0 Å². The molecule has 21 heavy (non-hydrogen) atoms. The number of rotatable bonds is 6. The Morgan fingerprint density at radius 2 is 2.29 bits per heavy atom. The SMILES string of the molecule is CCNC(=O)c1ccc(N2CCCC2CCC(C)C)nc1. The summed E-state index contributed by atoms with van der Waals surface area (Å²) < 4.78 is 0. The van der Waals surface area contributed by atoms with Gasteiger partial charge in [0.15, 0.2) is 0 Å². The summed E-state index contributed by atoms with van der Waals surface area (Å²) in [4.78, 5) is 18.7. The van der Waals surface area contributed by atoms with Gasteiger partial charge in [-0.15, -0.1) is 0 Å². The quantitative estimate of drug-likeness (QED) is 0.874. The number of nitrogens with one attached hydrogen (secondary N) is 1. The molecule has 0 aliphatic carbocycles. The van der Waals surface area contributed by atoms with Crippen molar-refractivity contribution in [1.82, 2.24) is 10.3 Å². The molecular formula is C17H27N3O. The lowest BCUT2D eigenvalue weighted by Gasteiger charge is -2.26. The molecule has 0 spiro atoms. The maximum atomic E-state index is 11.8. The first-order chi connectivity index (χ1) is 10.1. The molecule has 1 aromatic rings. The third-order valence-corrected chi connectivity index (χ3v) is 4.10. The van der Waals surface area contributed by atoms with Crippen molar-refractivity contribution in [1.29, 1.82) is 0 Å². The maximum absolute atomic E-state index is 11.8. The predicted molar refractivity (Wildman–Crippen MR) is 86.7 cm³/mol. The van der Waals surface area contributed by atoms with Crippen LogP contribution < -0.4 is 10.2 Å². The largest absolute Gasteiger partial charge is 0.354 e. The van der Waals surface area contributed by atoms with Crippen LogP contribution in [-0.4, -0.2) is 30.0 Å². The average Bonchev–Trinajstić information content (AvgIpc) is 2.94. The second kappa shape index (κ2) is 7.43. The molecule has 0 radical (unpaired) electrons. The van der Waals surface area contributed by atoms with Gasteiger partial charge in [0, 0.05) is 25.3 Å². The molecule has 4 nitrogen and oxygen atoms in total. The highest BCUT2D eigenvalue weighted by molar-refractivity contribution is 5.94. The summed E-state index contributed by atoms with van der Waals surface area (Å²) in [5.41, 5.74) is 0.638. The molecule has 2 rings (SSSR count). The maximum Gasteiger partial charge on any atom is 0.252 e. The van der Waals surface area contributed by atoms with Crippen molar-refractivity contribution in [2.75, 3.05) is 18.0 Å². The van der Waals surface area contributed by atoms with Crippen LogP contribution in [0.3, 0.4) is 0 Å². The van der Waals surface area contributed by atoms with E-state index >= 15 is 0 Å². The second-order valence-corrected chi connectivity index (χ2v) is 6.23. The first-order valence-corrected chi connectivity index (χ1v) is 8.12. The van der Waals surface area contributed by atoms with Crippen LogP contribution in [-0.2, 0) is 0 Å². The predicted octanol–water partition coefficient (Wildman–Crippen LogP) is 3.24. The van der Waals surface area contributed by atoms with Gasteiger partial charge in [-0.25, -0.2) is 4.98 Å². The molecule has 1 aromatic heterocycles. The van der Waals surface area contributed by atoms with Gasteiger partial charge in [0.1, 0.15) is 5.82 Å². The van der Waals surface area contributed by atoms with Gasteiger partial charge in [-0.05, 0) is 50.7 Å². The fourth-order valence-corrected chi connectivity index (χ4v) is 2.92. The molecule has 1 unspecified atom stereocenters. The van der Waals surface area contributed by atoms with E-state index in [1.165, 1.54) is 25.7 Å². The van der Waals surface area contributed by atoms with E-state index in [2.05, 4.69) is 29.0 Å². The number of hydrogen-bond acceptors (Lipinski definition) is 3. The molecule has 1 atom stereocenters. The molecule has 1 N–H and O–H groups in total. The third kappa shape index (κ3) is 4.19. The van der Waals surface area contributed by atoms with Crippen molar-refractivity contribution in [3.63, 3.8) is 0 Å². The number of carbonyl (C=O) groups is 1. The van der Waals surface area contributed by atoms with E-state index in [1.54, 1.807) is 6.20 Å². The lowest BCUT2D eigenvalue weighted by molar-refractivity contribution is 0.0955. The van der Waals surface area contributed by atoms with Gasteiger partial charge < -0.3 is 10.2 Å². The van der Waals surface area contributed by atoms with Crippen LogP contribution in [0.4, 0.5) is 5.82 Å². The Balaban J connectivity index is 2.01. The Hall–Kier alpha value is -1.58. The van der Waals surface area contributed by atoms with Gasteiger partial charge in [0.2, 0.25) is 0 Å². The van der Waals surface area contributed by atoms with Gasteiger partial charge in [-0.2, -0.15) is 0 Å².